The summed E-state index contributed by atoms with van der Waals surface area (Å²) in [6, 6.07) is 12.5. The molecule has 0 fully saturated rings. The summed E-state index contributed by atoms with van der Waals surface area (Å²) in [5.74, 6) is 0. The van der Waals surface area contributed by atoms with E-state index in [1.165, 1.54) is 12.1 Å². The minimum Gasteiger partial charge on any atom is -0.272 e. The minimum absolute atomic E-state index is 0.0390. The molecule has 27 heavy (non-hydrogen) atoms. The van der Waals surface area contributed by atoms with Crippen LogP contribution in [0.1, 0.15) is 19.3 Å². The molecule has 2 aromatic rings. The van der Waals surface area contributed by atoms with Crippen LogP contribution in [-0.4, -0.2) is 22.3 Å². The number of unbranched alkanes of at least 4 members (excludes halogenated alkanes) is 2. The van der Waals surface area contributed by atoms with Crippen LogP contribution in [0.3, 0.4) is 0 Å². The Hall–Kier alpha value is -3.82. The maximum Gasteiger partial charge on any atom is 0.294 e. The minimum atomic E-state index is -0.474. The van der Waals surface area contributed by atoms with E-state index in [2.05, 4.69) is 21.1 Å². The summed E-state index contributed by atoms with van der Waals surface area (Å²) in [5.41, 5.74) is 5.88. The van der Waals surface area contributed by atoms with Crippen molar-refractivity contribution in [2.75, 3.05) is 10.9 Å². The summed E-state index contributed by atoms with van der Waals surface area (Å²) >= 11 is 0. The lowest BCUT2D eigenvalue weighted by molar-refractivity contribution is -0.384. The molecule has 0 saturated heterocycles. The zero-order chi connectivity index (χ0) is 19.5. The fourth-order valence-electron chi connectivity index (χ4n) is 2.11. The topological polar surface area (TPSA) is 135 Å². The number of hydrazone groups is 2. The Morgan fingerprint density at radius 1 is 0.778 bits per heavy atom. The fourth-order valence-corrected chi connectivity index (χ4v) is 2.11. The van der Waals surface area contributed by atoms with Crippen LogP contribution >= 0.6 is 0 Å². The highest BCUT2D eigenvalue weighted by Crippen LogP contribution is 2.23. The molecule has 0 spiro atoms. The maximum absolute atomic E-state index is 10.9. The second-order valence-corrected chi connectivity index (χ2v) is 5.33. The summed E-state index contributed by atoms with van der Waals surface area (Å²) in [6.45, 7) is 0. The molecule has 0 aliphatic carbocycles. The summed E-state index contributed by atoms with van der Waals surface area (Å²) in [7, 11) is 0. The third kappa shape index (κ3) is 6.20. The van der Waals surface area contributed by atoms with Gasteiger partial charge in [0, 0.05) is 24.6 Å². The van der Waals surface area contributed by atoms with Crippen molar-refractivity contribution in [3.8, 4) is 0 Å². The predicted octanol–water partition coefficient (Wildman–Crippen LogP) is 4.17. The first kappa shape index (κ1) is 19.5. The maximum atomic E-state index is 10.9. The number of benzene rings is 2. The van der Waals surface area contributed by atoms with E-state index in [1.54, 1.807) is 48.8 Å². The van der Waals surface area contributed by atoms with Crippen molar-refractivity contribution >= 4 is 35.2 Å². The van der Waals surface area contributed by atoms with E-state index in [9.17, 15) is 20.2 Å². The Bertz CT molecular complexity index is 783. The first-order valence-corrected chi connectivity index (χ1v) is 8.11. The van der Waals surface area contributed by atoms with Gasteiger partial charge in [-0.05, 0) is 31.4 Å². The number of nitro benzene ring substituents is 2. The lowest BCUT2D eigenvalue weighted by atomic mass is 10.2. The zero-order valence-corrected chi connectivity index (χ0v) is 14.3. The van der Waals surface area contributed by atoms with Crippen LogP contribution in [0.5, 0.6) is 0 Å². The van der Waals surface area contributed by atoms with Crippen molar-refractivity contribution in [1.29, 1.82) is 0 Å². The van der Waals surface area contributed by atoms with Crippen LogP contribution in [0.4, 0.5) is 22.7 Å². The van der Waals surface area contributed by atoms with Gasteiger partial charge in [0.2, 0.25) is 0 Å². The standard InChI is InChI=1S/C17H18N6O4/c24-22(25)16-10-4-2-8-14(16)20-18-12-6-1-7-13-19-21-15-9-3-5-11-17(15)23(26)27/h2-5,8-13,20-21H,1,6-7H2/b18-12+,19-13+. The van der Waals surface area contributed by atoms with Gasteiger partial charge < -0.3 is 0 Å². The smallest absolute Gasteiger partial charge is 0.272 e. The van der Waals surface area contributed by atoms with Gasteiger partial charge in [-0.2, -0.15) is 10.2 Å². The van der Waals surface area contributed by atoms with Gasteiger partial charge in [-0.1, -0.05) is 24.3 Å². The Labute approximate surface area is 154 Å². The average molecular weight is 370 g/mol. The van der Waals surface area contributed by atoms with E-state index < -0.39 is 9.85 Å². The van der Waals surface area contributed by atoms with Crippen LogP contribution in [0, 0.1) is 20.2 Å². The molecule has 0 atom stereocenters. The van der Waals surface area contributed by atoms with Gasteiger partial charge in [-0.15, -0.1) is 0 Å². The Balaban J connectivity index is 1.71. The number of para-hydroxylation sites is 4. The molecule has 0 unspecified atom stereocenters. The van der Waals surface area contributed by atoms with Gasteiger partial charge in [0.25, 0.3) is 11.4 Å². The van der Waals surface area contributed by atoms with Crippen LogP contribution in [0.15, 0.2) is 58.7 Å². The van der Waals surface area contributed by atoms with E-state index in [0.29, 0.717) is 24.2 Å². The second kappa shape index (κ2) is 10.2. The molecule has 2 rings (SSSR count). The number of rotatable bonds is 10. The number of hydrogen-bond acceptors (Lipinski definition) is 8. The lowest BCUT2D eigenvalue weighted by Crippen LogP contribution is -1.96. The Morgan fingerprint density at radius 3 is 1.59 bits per heavy atom. The number of nitrogens with one attached hydrogen (secondary N) is 2. The molecule has 0 amide bonds. The van der Waals surface area contributed by atoms with E-state index in [1.807, 2.05) is 0 Å². The molecule has 0 saturated carbocycles. The van der Waals surface area contributed by atoms with E-state index in [0.717, 1.165) is 6.42 Å². The number of hydrogen-bond donors (Lipinski definition) is 2. The summed E-state index contributed by atoms with van der Waals surface area (Å²) in [4.78, 5) is 20.8. The first-order valence-electron chi connectivity index (χ1n) is 8.11. The predicted molar refractivity (Wildman–Crippen MR) is 104 cm³/mol. The average Bonchev–Trinajstić information content (AvgIpc) is 2.67. The summed E-state index contributed by atoms with van der Waals surface area (Å²) in [6.07, 6.45) is 5.29. The third-order valence-electron chi connectivity index (χ3n) is 3.42. The van der Waals surface area contributed by atoms with Crippen LogP contribution in [0.25, 0.3) is 0 Å². The van der Waals surface area contributed by atoms with Crippen molar-refractivity contribution in [3.63, 3.8) is 0 Å². The number of nitrogens with zero attached hydrogens (tertiary/aromatic N) is 4. The van der Waals surface area contributed by atoms with E-state index in [4.69, 9.17) is 0 Å². The fraction of sp³-hybridized carbons (Fsp3) is 0.176. The highest BCUT2D eigenvalue weighted by molar-refractivity contribution is 5.66. The van der Waals surface area contributed by atoms with Gasteiger partial charge in [-0.3, -0.25) is 31.1 Å². The summed E-state index contributed by atoms with van der Waals surface area (Å²) < 4.78 is 0. The van der Waals surface area contributed by atoms with Crippen molar-refractivity contribution in [2.45, 2.75) is 19.3 Å². The molecule has 2 N–H and O–H groups in total. The molecule has 2 aromatic carbocycles. The molecule has 10 heteroatoms. The van der Waals surface area contributed by atoms with Crippen molar-refractivity contribution in [2.24, 2.45) is 10.2 Å². The van der Waals surface area contributed by atoms with Crippen LogP contribution in [0.2, 0.25) is 0 Å². The second-order valence-electron chi connectivity index (χ2n) is 5.33. The zero-order valence-electron chi connectivity index (χ0n) is 14.3. The highest BCUT2D eigenvalue weighted by Gasteiger charge is 2.11. The molecule has 0 bridgehead atoms. The van der Waals surface area contributed by atoms with E-state index >= 15 is 0 Å². The molecule has 10 nitrogen and oxygen atoms in total. The van der Waals surface area contributed by atoms with Gasteiger partial charge >= 0.3 is 0 Å². The third-order valence-corrected chi connectivity index (χ3v) is 3.42. The molecule has 0 aliphatic heterocycles. The highest BCUT2D eigenvalue weighted by atomic mass is 16.6. The molecule has 0 radical (unpaired) electrons. The van der Waals surface area contributed by atoms with Crippen molar-refractivity contribution in [1.82, 2.24) is 0 Å². The normalized spacial score (nSPS) is 11.0. The SMILES string of the molecule is O=[N+]([O-])c1ccccc1N/N=C/CCC/C=N/Nc1ccccc1[N+](=O)[O-]. The summed E-state index contributed by atoms with van der Waals surface area (Å²) in [5, 5.41) is 29.7. The van der Waals surface area contributed by atoms with Crippen LogP contribution in [-0.2, 0) is 0 Å². The van der Waals surface area contributed by atoms with Gasteiger partial charge in [0.1, 0.15) is 11.4 Å². The van der Waals surface area contributed by atoms with Crippen molar-refractivity contribution in [3.05, 3.63) is 68.8 Å². The molecular formula is C17H18N6O4. The molecule has 0 aromatic heterocycles. The lowest BCUT2D eigenvalue weighted by Gasteiger charge is -2.01. The quantitative estimate of drug-likeness (QED) is 0.279. The first-order chi connectivity index (χ1) is 13.1. The number of anilines is 2. The Morgan fingerprint density at radius 2 is 1.19 bits per heavy atom. The molecular weight excluding hydrogens is 352 g/mol. The monoisotopic (exact) mass is 370 g/mol. The van der Waals surface area contributed by atoms with Gasteiger partial charge in [0.15, 0.2) is 0 Å². The Kier molecular flexibility index (Phi) is 7.39. The molecule has 0 aliphatic rings. The van der Waals surface area contributed by atoms with Crippen molar-refractivity contribution < 1.29 is 9.85 Å². The molecule has 0 heterocycles. The van der Waals surface area contributed by atoms with Gasteiger partial charge in [-0.25, -0.2) is 0 Å². The number of nitro groups is 2. The van der Waals surface area contributed by atoms with E-state index in [-0.39, 0.29) is 11.4 Å². The molecule has 140 valence electrons. The largest absolute Gasteiger partial charge is 0.294 e. The van der Waals surface area contributed by atoms with Crippen LogP contribution < -0.4 is 10.9 Å². The van der Waals surface area contributed by atoms with Gasteiger partial charge in [0.05, 0.1) is 9.85 Å².